The standard InChI is InChI=1S/C22H18O4S/c1-24-17-8-4-15(5-9-17)6-10-18-11-13-21(27-18)22(23)16-7-12-19(25-2)20(14-16)26-3/h4-5,7-9,11-14H,1-3H3. The smallest absolute Gasteiger partial charge is 0.203 e. The van der Waals surface area contributed by atoms with Crippen LogP contribution in [0, 0.1) is 11.8 Å². The van der Waals surface area contributed by atoms with Crippen molar-refractivity contribution in [2.24, 2.45) is 0 Å². The number of carbonyl (C=O) groups excluding carboxylic acids is 1. The van der Waals surface area contributed by atoms with Crippen molar-refractivity contribution in [2.45, 2.75) is 0 Å². The molecule has 0 saturated carbocycles. The second kappa shape index (κ2) is 8.43. The lowest BCUT2D eigenvalue weighted by Gasteiger charge is -2.08. The average molecular weight is 378 g/mol. The van der Waals surface area contributed by atoms with Crippen LogP contribution in [0.1, 0.15) is 25.7 Å². The Bertz CT molecular complexity index is 1010. The second-order valence-corrected chi connectivity index (χ2v) is 6.63. The SMILES string of the molecule is COc1ccc(C#Cc2ccc(C(=O)c3ccc(OC)c(OC)c3)s2)cc1. The van der Waals surface area contributed by atoms with Crippen LogP contribution in [0.25, 0.3) is 0 Å². The Morgan fingerprint density at radius 3 is 2.22 bits per heavy atom. The van der Waals surface area contributed by atoms with E-state index in [2.05, 4.69) is 11.8 Å². The molecule has 0 spiro atoms. The van der Waals surface area contributed by atoms with Crippen molar-refractivity contribution in [1.29, 1.82) is 0 Å². The van der Waals surface area contributed by atoms with Crippen LogP contribution < -0.4 is 14.2 Å². The van der Waals surface area contributed by atoms with Crippen LogP contribution in [0.3, 0.4) is 0 Å². The summed E-state index contributed by atoms with van der Waals surface area (Å²) in [5, 5.41) is 0. The molecular weight excluding hydrogens is 360 g/mol. The van der Waals surface area contributed by atoms with E-state index in [1.807, 2.05) is 30.3 Å². The van der Waals surface area contributed by atoms with Gasteiger partial charge in [-0.15, -0.1) is 11.3 Å². The van der Waals surface area contributed by atoms with Crippen LogP contribution in [-0.4, -0.2) is 27.1 Å². The van der Waals surface area contributed by atoms with E-state index in [4.69, 9.17) is 14.2 Å². The lowest BCUT2D eigenvalue weighted by Crippen LogP contribution is -2.00. The monoisotopic (exact) mass is 378 g/mol. The molecule has 1 heterocycles. The molecule has 0 amide bonds. The second-order valence-electron chi connectivity index (χ2n) is 5.54. The predicted molar refractivity (Wildman–Crippen MR) is 106 cm³/mol. The Morgan fingerprint density at radius 1 is 0.815 bits per heavy atom. The fourth-order valence-corrected chi connectivity index (χ4v) is 3.28. The Hall–Kier alpha value is -3.23. The number of hydrogen-bond donors (Lipinski definition) is 0. The molecule has 0 aliphatic heterocycles. The third-order valence-corrected chi connectivity index (χ3v) is 4.90. The molecule has 136 valence electrons. The molecule has 0 bridgehead atoms. The van der Waals surface area contributed by atoms with Gasteiger partial charge in [-0.05, 0) is 54.6 Å². The highest BCUT2D eigenvalue weighted by Gasteiger charge is 2.14. The average Bonchev–Trinajstić information content (AvgIpc) is 3.20. The van der Waals surface area contributed by atoms with Crippen LogP contribution in [0.2, 0.25) is 0 Å². The Morgan fingerprint density at radius 2 is 1.56 bits per heavy atom. The van der Waals surface area contributed by atoms with Crippen LogP contribution in [0.15, 0.2) is 54.6 Å². The van der Waals surface area contributed by atoms with Gasteiger partial charge in [-0.25, -0.2) is 0 Å². The molecule has 0 radical (unpaired) electrons. The minimum atomic E-state index is -0.0709. The topological polar surface area (TPSA) is 44.8 Å². The highest BCUT2D eigenvalue weighted by atomic mass is 32.1. The van der Waals surface area contributed by atoms with E-state index < -0.39 is 0 Å². The first-order valence-corrected chi connectivity index (χ1v) is 8.99. The van der Waals surface area contributed by atoms with Crippen molar-refractivity contribution in [2.75, 3.05) is 21.3 Å². The van der Waals surface area contributed by atoms with E-state index in [1.54, 1.807) is 45.6 Å². The fourth-order valence-electron chi connectivity index (χ4n) is 2.45. The summed E-state index contributed by atoms with van der Waals surface area (Å²) in [6, 6.07) is 16.3. The minimum Gasteiger partial charge on any atom is -0.497 e. The zero-order valence-electron chi connectivity index (χ0n) is 15.2. The van der Waals surface area contributed by atoms with Gasteiger partial charge in [0, 0.05) is 11.1 Å². The van der Waals surface area contributed by atoms with Crippen molar-refractivity contribution in [3.8, 4) is 29.1 Å². The molecule has 0 atom stereocenters. The molecule has 1 aromatic heterocycles. The maximum absolute atomic E-state index is 12.7. The number of benzene rings is 2. The molecule has 4 nitrogen and oxygen atoms in total. The maximum atomic E-state index is 12.7. The van der Waals surface area contributed by atoms with Gasteiger partial charge < -0.3 is 14.2 Å². The third kappa shape index (κ3) is 4.30. The summed E-state index contributed by atoms with van der Waals surface area (Å²) < 4.78 is 15.6. The first-order valence-electron chi connectivity index (χ1n) is 8.17. The van der Waals surface area contributed by atoms with Crippen LogP contribution >= 0.6 is 11.3 Å². The summed E-state index contributed by atoms with van der Waals surface area (Å²) in [5.41, 5.74) is 1.43. The number of carbonyl (C=O) groups is 1. The van der Waals surface area contributed by atoms with E-state index in [1.165, 1.54) is 11.3 Å². The van der Waals surface area contributed by atoms with Gasteiger partial charge >= 0.3 is 0 Å². The quantitative estimate of drug-likeness (QED) is 0.487. The van der Waals surface area contributed by atoms with Crippen molar-refractivity contribution in [1.82, 2.24) is 0 Å². The zero-order chi connectivity index (χ0) is 19.2. The number of ether oxygens (including phenoxy) is 3. The predicted octanol–water partition coefficient (Wildman–Crippen LogP) is 4.40. The Kier molecular flexibility index (Phi) is 5.80. The Balaban J connectivity index is 1.79. The molecule has 0 aliphatic rings. The van der Waals surface area contributed by atoms with Crippen molar-refractivity contribution < 1.29 is 19.0 Å². The van der Waals surface area contributed by atoms with Gasteiger partial charge in [0.15, 0.2) is 11.5 Å². The first-order chi connectivity index (χ1) is 13.1. The number of rotatable bonds is 5. The summed E-state index contributed by atoms with van der Waals surface area (Å²) in [6.45, 7) is 0. The minimum absolute atomic E-state index is 0.0709. The van der Waals surface area contributed by atoms with Gasteiger partial charge in [-0.2, -0.15) is 0 Å². The van der Waals surface area contributed by atoms with Gasteiger partial charge in [0.05, 0.1) is 31.1 Å². The van der Waals surface area contributed by atoms with Gasteiger partial charge in [0.1, 0.15) is 5.75 Å². The first kappa shape index (κ1) is 18.6. The molecule has 0 N–H and O–H groups in total. The van der Waals surface area contributed by atoms with Crippen LogP contribution in [0.4, 0.5) is 0 Å². The molecule has 3 aromatic rings. The lowest BCUT2D eigenvalue weighted by atomic mass is 10.1. The van der Waals surface area contributed by atoms with Gasteiger partial charge in [-0.3, -0.25) is 4.79 Å². The highest BCUT2D eigenvalue weighted by Crippen LogP contribution is 2.29. The van der Waals surface area contributed by atoms with E-state index in [-0.39, 0.29) is 5.78 Å². The number of thiophene rings is 1. The molecule has 3 rings (SSSR count). The molecule has 0 fully saturated rings. The highest BCUT2D eigenvalue weighted by molar-refractivity contribution is 7.14. The van der Waals surface area contributed by atoms with E-state index in [0.717, 1.165) is 16.2 Å². The van der Waals surface area contributed by atoms with Crippen molar-refractivity contribution in [3.63, 3.8) is 0 Å². The lowest BCUT2D eigenvalue weighted by molar-refractivity contribution is 0.104. The Labute approximate surface area is 162 Å². The maximum Gasteiger partial charge on any atom is 0.203 e. The summed E-state index contributed by atoms with van der Waals surface area (Å²) in [4.78, 5) is 14.2. The summed E-state index contributed by atoms with van der Waals surface area (Å²) in [7, 11) is 4.74. The molecule has 5 heteroatoms. The number of ketones is 1. The van der Waals surface area contributed by atoms with Crippen molar-refractivity contribution in [3.05, 3.63) is 75.5 Å². The third-order valence-electron chi connectivity index (χ3n) is 3.90. The number of hydrogen-bond acceptors (Lipinski definition) is 5. The molecule has 0 unspecified atom stereocenters. The van der Waals surface area contributed by atoms with Crippen molar-refractivity contribution >= 4 is 17.1 Å². The van der Waals surface area contributed by atoms with Crippen LogP contribution in [0.5, 0.6) is 17.2 Å². The molecule has 2 aromatic carbocycles. The molecule has 27 heavy (non-hydrogen) atoms. The summed E-state index contributed by atoms with van der Waals surface area (Å²) >= 11 is 1.37. The molecule has 0 saturated heterocycles. The molecule has 0 aliphatic carbocycles. The van der Waals surface area contributed by atoms with Gasteiger partial charge in [0.2, 0.25) is 5.78 Å². The van der Waals surface area contributed by atoms with Gasteiger partial charge in [-0.1, -0.05) is 11.8 Å². The summed E-state index contributed by atoms with van der Waals surface area (Å²) in [6.07, 6.45) is 0. The summed E-state index contributed by atoms with van der Waals surface area (Å²) in [5.74, 6) is 8.03. The van der Waals surface area contributed by atoms with E-state index in [0.29, 0.717) is 21.9 Å². The largest absolute Gasteiger partial charge is 0.497 e. The molecular formula is C22H18O4S. The van der Waals surface area contributed by atoms with Crippen LogP contribution in [-0.2, 0) is 0 Å². The van der Waals surface area contributed by atoms with Gasteiger partial charge in [0.25, 0.3) is 0 Å². The normalized spacial score (nSPS) is 9.89. The zero-order valence-corrected chi connectivity index (χ0v) is 16.1. The van der Waals surface area contributed by atoms with E-state index in [9.17, 15) is 4.79 Å². The number of methoxy groups -OCH3 is 3. The fraction of sp³-hybridized carbons (Fsp3) is 0.136. The van der Waals surface area contributed by atoms with E-state index >= 15 is 0 Å².